The molecule has 0 aromatic heterocycles. The molecule has 1 aromatic rings. The molecule has 0 aliphatic heterocycles. The van der Waals surface area contributed by atoms with Gasteiger partial charge in [0.15, 0.2) is 17.1 Å². The zero-order chi connectivity index (χ0) is 17.9. The van der Waals surface area contributed by atoms with E-state index in [0.29, 0.717) is 5.56 Å². The van der Waals surface area contributed by atoms with Crippen LogP contribution >= 0.6 is 0 Å². The van der Waals surface area contributed by atoms with Gasteiger partial charge in [0, 0.05) is 12.5 Å². The molecule has 1 aliphatic rings. The van der Waals surface area contributed by atoms with E-state index in [2.05, 4.69) is 0 Å². The molecule has 3 atom stereocenters. The number of ether oxygens (including phenoxy) is 1. The first-order chi connectivity index (χ1) is 11.2. The second-order valence-corrected chi connectivity index (χ2v) is 5.34. The molecular formula is C16H16O8. The van der Waals surface area contributed by atoms with Gasteiger partial charge in [0.2, 0.25) is 0 Å². The summed E-state index contributed by atoms with van der Waals surface area (Å²) in [5.41, 5.74) is -1.76. The molecule has 0 spiro atoms. The van der Waals surface area contributed by atoms with Crippen molar-refractivity contribution in [1.29, 1.82) is 0 Å². The molecule has 0 amide bonds. The summed E-state index contributed by atoms with van der Waals surface area (Å²) < 4.78 is 4.97. The number of aromatic hydroxyl groups is 2. The number of carboxylic acid groups (broad SMARTS) is 1. The smallest absolute Gasteiger partial charge is 0.339 e. The fourth-order valence-corrected chi connectivity index (χ4v) is 2.14. The Morgan fingerprint density at radius 2 is 1.96 bits per heavy atom. The lowest BCUT2D eigenvalue weighted by molar-refractivity contribution is -0.161. The first kappa shape index (κ1) is 17.5. The van der Waals surface area contributed by atoms with Gasteiger partial charge in [-0.2, -0.15) is 0 Å². The third kappa shape index (κ3) is 3.92. The van der Waals surface area contributed by atoms with E-state index in [1.165, 1.54) is 24.3 Å². The molecule has 0 fully saturated rings. The Hall–Kier alpha value is -2.84. The van der Waals surface area contributed by atoms with E-state index in [1.807, 2.05) is 0 Å². The molecule has 0 heterocycles. The van der Waals surface area contributed by atoms with Gasteiger partial charge in [0.05, 0.1) is 6.10 Å². The van der Waals surface area contributed by atoms with E-state index >= 15 is 0 Å². The molecule has 0 saturated carbocycles. The fourth-order valence-electron chi connectivity index (χ4n) is 2.14. The molecule has 0 bridgehead atoms. The zero-order valence-electron chi connectivity index (χ0n) is 12.4. The topological polar surface area (TPSA) is 145 Å². The zero-order valence-corrected chi connectivity index (χ0v) is 12.4. The summed E-state index contributed by atoms with van der Waals surface area (Å²) in [6.07, 6.45) is 1.48. The predicted octanol–water partition coefficient (Wildman–Crippen LogP) is 0.159. The minimum absolute atomic E-state index is 0.295. The highest BCUT2D eigenvalue weighted by molar-refractivity contribution is 5.87. The number of hydrogen-bond donors (Lipinski definition) is 5. The lowest BCUT2D eigenvalue weighted by Gasteiger charge is -2.30. The van der Waals surface area contributed by atoms with E-state index in [-0.39, 0.29) is 11.5 Å². The molecule has 0 saturated heterocycles. The Bertz CT molecular complexity index is 708. The Morgan fingerprint density at radius 1 is 1.25 bits per heavy atom. The van der Waals surface area contributed by atoms with Crippen molar-refractivity contribution in [2.75, 3.05) is 0 Å². The van der Waals surface area contributed by atoms with Crippen LogP contribution in [0.3, 0.4) is 0 Å². The van der Waals surface area contributed by atoms with E-state index < -0.39 is 36.2 Å². The summed E-state index contributed by atoms with van der Waals surface area (Å²) in [5.74, 6) is -2.95. The molecule has 24 heavy (non-hydrogen) atoms. The van der Waals surface area contributed by atoms with E-state index in [0.717, 1.165) is 18.2 Å². The largest absolute Gasteiger partial charge is 0.504 e. The molecule has 128 valence electrons. The van der Waals surface area contributed by atoms with Gasteiger partial charge in [-0.05, 0) is 35.9 Å². The molecule has 8 heteroatoms. The molecule has 0 radical (unpaired) electrons. The second kappa shape index (κ2) is 6.73. The maximum Gasteiger partial charge on any atom is 0.339 e. The van der Waals surface area contributed by atoms with Crippen molar-refractivity contribution < 1.29 is 39.9 Å². The van der Waals surface area contributed by atoms with Crippen molar-refractivity contribution in [2.24, 2.45) is 0 Å². The molecule has 2 rings (SSSR count). The van der Waals surface area contributed by atoms with Gasteiger partial charge in [0.1, 0.15) is 6.10 Å². The van der Waals surface area contributed by atoms with Crippen LogP contribution in [0, 0.1) is 0 Å². The number of rotatable bonds is 4. The van der Waals surface area contributed by atoms with Gasteiger partial charge < -0.3 is 30.3 Å². The van der Waals surface area contributed by atoms with Crippen LogP contribution in [-0.4, -0.2) is 55.3 Å². The number of carbonyl (C=O) groups is 2. The summed E-state index contributed by atoms with van der Waals surface area (Å²) in [7, 11) is 0. The number of carboxylic acids is 1. The summed E-state index contributed by atoms with van der Waals surface area (Å²) >= 11 is 0. The van der Waals surface area contributed by atoms with Gasteiger partial charge in [-0.15, -0.1) is 0 Å². The number of phenolic OH excluding ortho intramolecular Hbond substituents is 2. The molecule has 0 unspecified atom stereocenters. The lowest BCUT2D eigenvalue weighted by atomic mass is 9.88. The van der Waals surface area contributed by atoms with E-state index in [1.54, 1.807) is 0 Å². The summed E-state index contributed by atoms with van der Waals surface area (Å²) in [6, 6.07) is 3.95. The van der Waals surface area contributed by atoms with Crippen LogP contribution in [0.15, 0.2) is 36.4 Å². The van der Waals surface area contributed by atoms with Crippen LogP contribution < -0.4 is 0 Å². The minimum atomic E-state index is -2.19. The molecular weight excluding hydrogens is 320 g/mol. The number of phenols is 2. The lowest BCUT2D eigenvalue weighted by Crippen LogP contribution is -2.47. The quantitative estimate of drug-likeness (QED) is 0.226. The average molecular weight is 336 g/mol. The van der Waals surface area contributed by atoms with Gasteiger partial charge in [-0.1, -0.05) is 6.07 Å². The Morgan fingerprint density at radius 3 is 2.54 bits per heavy atom. The Labute approximate surface area is 136 Å². The number of aliphatic hydroxyl groups is 2. The van der Waals surface area contributed by atoms with Gasteiger partial charge >= 0.3 is 11.9 Å². The number of hydrogen-bond acceptors (Lipinski definition) is 7. The second-order valence-electron chi connectivity index (χ2n) is 5.34. The number of aliphatic hydroxyl groups excluding tert-OH is 1. The van der Waals surface area contributed by atoms with Gasteiger partial charge in [-0.3, -0.25) is 0 Å². The molecule has 1 aromatic carbocycles. The summed E-state index contributed by atoms with van der Waals surface area (Å²) in [6.45, 7) is 0. The van der Waals surface area contributed by atoms with Crippen LogP contribution in [0.5, 0.6) is 11.5 Å². The summed E-state index contributed by atoms with van der Waals surface area (Å²) in [4.78, 5) is 22.6. The van der Waals surface area contributed by atoms with Crippen molar-refractivity contribution in [2.45, 2.75) is 24.2 Å². The predicted molar refractivity (Wildman–Crippen MR) is 81.0 cm³/mol. The van der Waals surface area contributed by atoms with E-state index in [9.17, 15) is 30.0 Å². The SMILES string of the molecule is O=C(/C=C/c1ccc(O)c(O)c1)O[C@@H]1C=C[C@@](O)(C(=O)O)C[C@H]1O. The first-order valence-corrected chi connectivity index (χ1v) is 6.95. The maximum atomic E-state index is 11.7. The van der Waals surface area contributed by atoms with Crippen LogP contribution in [-0.2, 0) is 14.3 Å². The highest BCUT2D eigenvalue weighted by Crippen LogP contribution is 2.26. The van der Waals surface area contributed by atoms with Crippen LogP contribution in [0.4, 0.5) is 0 Å². The van der Waals surface area contributed by atoms with Crippen LogP contribution in [0.2, 0.25) is 0 Å². The van der Waals surface area contributed by atoms with Crippen molar-refractivity contribution in [1.82, 2.24) is 0 Å². The maximum absolute atomic E-state index is 11.7. The van der Waals surface area contributed by atoms with Gasteiger partial charge in [0.25, 0.3) is 0 Å². The number of benzene rings is 1. The van der Waals surface area contributed by atoms with Crippen molar-refractivity contribution in [3.8, 4) is 11.5 Å². The number of esters is 1. The van der Waals surface area contributed by atoms with Crippen LogP contribution in [0.25, 0.3) is 6.08 Å². The average Bonchev–Trinajstić information content (AvgIpc) is 2.51. The highest BCUT2D eigenvalue weighted by Gasteiger charge is 2.41. The van der Waals surface area contributed by atoms with Crippen molar-refractivity contribution >= 4 is 18.0 Å². The highest BCUT2D eigenvalue weighted by atomic mass is 16.6. The summed E-state index contributed by atoms with van der Waals surface area (Å²) in [5, 5.41) is 46.9. The molecule has 8 nitrogen and oxygen atoms in total. The standard InChI is InChI=1S/C16H16O8/c17-10-3-1-9(7-11(10)18)2-4-14(20)24-13-5-6-16(23,15(21)22)8-12(13)19/h1-7,12-13,17-19,23H,8H2,(H,21,22)/b4-2+/t12-,13-,16+/m1/s1. The van der Waals surface area contributed by atoms with Gasteiger partial charge in [-0.25, -0.2) is 9.59 Å². The van der Waals surface area contributed by atoms with Crippen molar-refractivity contribution in [3.63, 3.8) is 0 Å². The van der Waals surface area contributed by atoms with E-state index in [4.69, 9.17) is 9.84 Å². The number of carbonyl (C=O) groups excluding carboxylic acids is 1. The fraction of sp³-hybridized carbons (Fsp3) is 0.250. The monoisotopic (exact) mass is 336 g/mol. The number of aliphatic carboxylic acids is 1. The Kier molecular flexibility index (Phi) is 4.91. The Balaban J connectivity index is 2.01. The third-order valence-corrected chi connectivity index (χ3v) is 3.50. The molecule has 5 N–H and O–H groups in total. The normalized spacial score (nSPS) is 26.4. The third-order valence-electron chi connectivity index (χ3n) is 3.50. The first-order valence-electron chi connectivity index (χ1n) is 6.95. The van der Waals surface area contributed by atoms with Crippen LogP contribution in [0.1, 0.15) is 12.0 Å². The van der Waals surface area contributed by atoms with Crippen molar-refractivity contribution in [3.05, 3.63) is 42.0 Å². The minimum Gasteiger partial charge on any atom is -0.504 e. The molecule has 1 aliphatic carbocycles.